The standard InChI is InChI=1S/C25H29N5O2/c1-19-5-3-6-20(2)24(19)27-23(31)18-28-13-15-29(16-14-28)25(32)22-9-7-21(8-10-22)17-30-12-4-11-26-30/h3-12H,13-18H2,1-2H3,(H,27,31). The van der Waals surface area contributed by atoms with E-state index in [4.69, 9.17) is 0 Å². The van der Waals surface area contributed by atoms with Crippen molar-refractivity contribution in [2.24, 2.45) is 0 Å². The second-order valence-corrected chi connectivity index (χ2v) is 8.28. The van der Waals surface area contributed by atoms with Crippen LogP contribution < -0.4 is 5.32 Å². The van der Waals surface area contributed by atoms with Gasteiger partial charge in [0.15, 0.2) is 0 Å². The number of rotatable bonds is 6. The Balaban J connectivity index is 1.27. The lowest BCUT2D eigenvalue weighted by Crippen LogP contribution is -2.50. The van der Waals surface area contributed by atoms with E-state index in [9.17, 15) is 9.59 Å². The van der Waals surface area contributed by atoms with Crippen LogP contribution in [0.15, 0.2) is 60.9 Å². The predicted octanol–water partition coefficient (Wildman–Crippen LogP) is 2.94. The topological polar surface area (TPSA) is 70.5 Å². The maximum absolute atomic E-state index is 12.9. The molecule has 1 saturated heterocycles. The zero-order valence-corrected chi connectivity index (χ0v) is 18.6. The van der Waals surface area contributed by atoms with Gasteiger partial charge in [0.25, 0.3) is 5.91 Å². The van der Waals surface area contributed by atoms with Crippen molar-refractivity contribution in [2.75, 3.05) is 38.0 Å². The molecule has 0 saturated carbocycles. The van der Waals surface area contributed by atoms with Gasteiger partial charge in [-0.25, -0.2) is 0 Å². The second kappa shape index (κ2) is 9.78. The van der Waals surface area contributed by atoms with E-state index in [-0.39, 0.29) is 11.8 Å². The normalized spacial score (nSPS) is 14.4. The summed E-state index contributed by atoms with van der Waals surface area (Å²) in [6.07, 6.45) is 3.67. The van der Waals surface area contributed by atoms with Gasteiger partial charge >= 0.3 is 0 Å². The fourth-order valence-corrected chi connectivity index (χ4v) is 4.02. The molecule has 2 heterocycles. The molecule has 0 bridgehead atoms. The molecule has 7 heteroatoms. The highest BCUT2D eigenvalue weighted by atomic mass is 16.2. The molecular weight excluding hydrogens is 402 g/mol. The number of hydrogen-bond donors (Lipinski definition) is 1. The van der Waals surface area contributed by atoms with Gasteiger partial charge in [-0.2, -0.15) is 5.10 Å². The second-order valence-electron chi connectivity index (χ2n) is 8.28. The van der Waals surface area contributed by atoms with Gasteiger partial charge in [-0.15, -0.1) is 0 Å². The number of aromatic nitrogens is 2. The van der Waals surface area contributed by atoms with Crippen LogP contribution in [0.3, 0.4) is 0 Å². The quantitative estimate of drug-likeness (QED) is 0.652. The molecule has 3 aromatic rings. The van der Waals surface area contributed by atoms with Crippen molar-refractivity contribution in [3.63, 3.8) is 0 Å². The third-order valence-electron chi connectivity index (χ3n) is 5.88. The molecular formula is C25H29N5O2. The van der Waals surface area contributed by atoms with E-state index in [0.717, 1.165) is 22.4 Å². The van der Waals surface area contributed by atoms with E-state index in [2.05, 4.69) is 15.3 Å². The Hall–Kier alpha value is -3.45. The zero-order valence-electron chi connectivity index (χ0n) is 18.6. The Morgan fingerprint density at radius 1 is 0.938 bits per heavy atom. The summed E-state index contributed by atoms with van der Waals surface area (Å²) in [6.45, 7) is 7.61. The average Bonchev–Trinajstić information content (AvgIpc) is 3.30. The van der Waals surface area contributed by atoms with E-state index in [1.165, 1.54) is 0 Å². The number of carbonyl (C=O) groups excluding carboxylic acids is 2. The van der Waals surface area contributed by atoms with Gasteiger partial charge in [-0.05, 0) is 48.7 Å². The number of nitrogens with one attached hydrogen (secondary N) is 1. The van der Waals surface area contributed by atoms with Crippen molar-refractivity contribution in [3.05, 3.63) is 83.2 Å². The first-order chi connectivity index (χ1) is 15.5. The first-order valence-electron chi connectivity index (χ1n) is 10.9. The fraction of sp³-hybridized carbons (Fsp3) is 0.320. The van der Waals surface area contributed by atoms with Gasteiger partial charge < -0.3 is 10.2 Å². The molecule has 1 aliphatic heterocycles. The molecule has 1 N–H and O–H groups in total. The minimum Gasteiger partial charge on any atom is -0.336 e. The van der Waals surface area contributed by atoms with Crippen molar-refractivity contribution in [1.29, 1.82) is 0 Å². The number of anilines is 1. The Kier molecular flexibility index (Phi) is 6.66. The highest BCUT2D eigenvalue weighted by molar-refractivity contribution is 5.95. The Morgan fingerprint density at radius 2 is 1.62 bits per heavy atom. The average molecular weight is 432 g/mol. The van der Waals surface area contributed by atoms with Crippen LogP contribution in [0.1, 0.15) is 27.0 Å². The monoisotopic (exact) mass is 431 g/mol. The van der Waals surface area contributed by atoms with Crippen LogP contribution in [0.5, 0.6) is 0 Å². The third kappa shape index (κ3) is 5.23. The number of carbonyl (C=O) groups is 2. The van der Waals surface area contributed by atoms with Gasteiger partial charge in [0, 0.05) is 49.8 Å². The smallest absolute Gasteiger partial charge is 0.253 e. The molecule has 0 spiro atoms. The van der Waals surface area contributed by atoms with Crippen molar-refractivity contribution in [2.45, 2.75) is 20.4 Å². The number of benzene rings is 2. The van der Waals surface area contributed by atoms with Crippen LogP contribution in [0.25, 0.3) is 0 Å². The van der Waals surface area contributed by atoms with Crippen LogP contribution in [-0.2, 0) is 11.3 Å². The number of nitrogens with zero attached hydrogens (tertiary/aromatic N) is 4. The summed E-state index contributed by atoms with van der Waals surface area (Å²) in [5, 5.41) is 7.25. The summed E-state index contributed by atoms with van der Waals surface area (Å²) in [6, 6.07) is 15.6. The summed E-state index contributed by atoms with van der Waals surface area (Å²) >= 11 is 0. The summed E-state index contributed by atoms with van der Waals surface area (Å²) in [4.78, 5) is 29.4. The SMILES string of the molecule is Cc1cccc(C)c1NC(=O)CN1CCN(C(=O)c2ccc(Cn3cccn3)cc2)CC1. The molecule has 0 atom stereocenters. The zero-order chi connectivity index (χ0) is 22.5. The highest BCUT2D eigenvalue weighted by Gasteiger charge is 2.23. The molecule has 4 rings (SSSR count). The van der Waals surface area contributed by atoms with Gasteiger partial charge in [0.2, 0.25) is 5.91 Å². The number of hydrogen-bond acceptors (Lipinski definition) is 4. The lowest BCUT2D eigenvalue weighted by atomic mass is 10.1. The number of para-hydroxylation sites is 1. The molecule has 2 aromatic carbocycles. The van der Waals surface area contributed by atoms with Crippen molar-refractivity contribution >= 4 is 17.5 Å². The minimum absolute atomic E-state index is 0.0186. The minimum atomic E-state index is -0.0186. The molecule has 0 unspecified atom stereocenters. The maximum Gasteiger partial charge on any atom is 0.253 e. The van der Waals surface area contributed by atoms with Crippen LogP contribution in [-0.4, -0.2) is 64.1 Å². The summed E-state index contributed by atoms with van der Waals surface area (Å²) in [7, 11) is 0. The van der Waals surface area contributed by atoms with E-state index >= 15 is 0 Å². The van der Waals surface area contributed by atoms with Crippen LogP contribution >= 0.6 is 0 Å². The Bertz CT molecular complexity index is 1050. The molecule has 0 aliphatic carbocycles. The Labute approximate surface area is 188 Å². The summed E-state index contributed by atoms with van der Waals surface area (Å²) in [5.41, 5.74) is 4.80. The summed E-state index contributed by atoms with van der Waals surface area (Å²) < 4.78 is 1.85. The predicted molar refractivity (Wildman–Crippen MR) is 125 cm³/mol. The van der Waals surface area contributed by atoms with Crippen molar-refractivity contribution in [1.82, 2.24) is 19.6 Å². The lowest BCUT2D eigenvalue weighted by molar-refractivity contribution is -0.117. The lowest BCUT2D eigenvalue weighted by Gasteiger charge is -2.34. The van der Waals surface area contributed by atoms with E-state index in [1.807, 2.05) is 78.2 Å². The van der Waals surface area contributed by atoms with Gasteiger partial charge in [-0.3, -0.25) is 19.2 Å². The van der Waals surface area contributed by atoms with E-state index in [0.29, 0.717) is 44.8 Å². The van der Waals surface area contributed by atoms with E-state index in [1.54, 1.807) is 6.20 Å². The molecule has 2 amide bonds. The van der Waals surface area contributed by atoms with Crippen LogP contribution in [0.4, 0.5) is 5.69 Å². The fourth-order valence-electron chi connectivity index (χ4n) is 4.02. The number of amides is 2. The first-order valence-corrected chi connectivity index (χ1v) is 10.9. The van der Waals surface area contributed by atoms with Gasteiger partial charge in [-0.1, -0.05) is 30.3 Å². The highest BCUT2D eigenvalue weighted by Crippen LogP contribution is 2.19. The molecule has 166 valence electrons. The first kappa shape index (κ1) is 21.8. The maximum atomic E-state index is 12.9. The van der Waals surface area contributed by atoms with E-state index < -0.39 is 0 Å². The number of piperazine rings is 1. The third-order valence-corrected chi connectivity index (χ3v) is 5.88. The van der Waals surface area contributed by atoms with Gasteiger partial charge in [0.1, 0.15) is 0 Å². The largest absolute Gasteiger partial charge is 0.336 e. The van der Waals surface area contributed by atoms with Crippen molar-refractivity contribution in [3.8, 4) is 0 Å². The molecule has 1 aromatic heterocycles. The van der Waals surface area contributed by atoms with Crippen LogP contribution in [0.2, 0.25) is 0 Å². The number of aryl methyl sites for hydroxylation is 2. The molecule has 0 radical (unpaired) electrons. The summed E-state index contributed by atoms with van der Waals surface area (Å²) in [5.74, 6) is 0.0187. The van der Waals surface area contributed by atoms with Gasteiger partial charge in [0.05, 0.1) is 13.1 Å². The van der Waals surface area contributed by atoms with Crippen LogP contribution in [0, 0.1) is 13.8 Å². The molecule has 1 aliphatic rings. The molecule has 7 nitrogen and oxygen atoms in total. The molecule has 32 heavy (non-hydrogen) atoms. The molecule has 1 fully saturated rings. The van der Waals surface area contributed by atoms with Crippen molar-refractivity contribution < 1.29 is 9.59 Å². The Morgan fingerprint density at radius 3 is 2.25 bits per heavy atom.